The van der Waals surface area contributed by atoms with E-state index in [0.29, 0.717) is 11.1 Å². The van der Waals surface area contributed by atoms with Gasteiger partial charge in [-0.25, -0.2) is 0 Å². The maximum atomic E-state index is 8.69. The Morgan fingerprint density at radius 2 is 2.00 bits per heavy atom. The molecule has 86 valence electrons. The predicted molar refractivity (Wildman–Crippen MR) is 65.4 cm³/mol. The Hall–Kier alpha value is -1.80. The fourth-order valence-electron chi connectivity index (χ4n) is 1.25. The quantitative estimate of drug-likeness (QED) is 0.778. The highest BCUT2D eigenvalue weighted by atomic mass is 32.2. The minimum Gasteiger partial charge on any atom is -0.411 e. The fourth-order valence-corrected chi connectivity index (χ4v) is 1.82. The van der Waals surface area contributed by atoms with Crippen LogP contribution in [0.1, 0.15) is 12.5 Å². The number of hydrogen-bond acceptors (Lipinski definition) is 5. The van der Waals surface area contributed by atoms with Gasteiger partial charge in [-0.3, -0.25) is 0 Å². The minimum atomic E-state index is -0.193. The fraction of sp³-hybridized carbons (Fsp3) is 0.250. The van der Waals surface area contributed by atoms with Gasteiger partial charge in [0.1, 0.15) is 0 Å². The molecule has 1 atom stereocenters. The molecule has 0 spiro atoms. The summed E-state index contributed by atoms with van der Waals surface area (Å²) in [6, 6.07) is 9.96. The molecule has 0 aliphatic rings. The zero-order valence-electron chi connectivity index (χ0n) is 9.54. The van der Waals surface area contributed by atoms with E-state index in [1.807, 2.05) is 31.2 Å². The normalized spacial score (nSPS) is 12.1. The zero-order chi connectivity index (χ0) is 12.3. The van der Waals surface area contributed by atoms with Crippen LogP contribution >= 0.6 is 11.8 Å². The Bertz CT molecular complexity index is 542. The van der Waals surface area contributed by atoms with Gasteiger partial charge >= 0.3 is 0 Å². The highest BCUT2D eigenvalue weighted by Gasteiger charge is 2.11. The lowest BCUT2D eigenvalue weighted by Crippen LogP contribution is -1.88. The molecule has 0 radical (unpaired) electrons. The van der Waals surface area contributed by atoms with Crippen molar-refractivity contribution in [2.24, 2.45) is 0 Å². The molecule has 1 aromatic heterocycles. The van der Waals surface area contributed by atoms with Crippen molar-refractivity contribution in [2.75, 3.05) is 0 Å². The van der Waals surface area contributed by atoms with E-state index in [1.54, 1.807) is 6.92 Å². The summed E-state index contributed by atoms with van der Waals surface area (Å²) in [6.07, 6.45) is 0. The van der Waals surface area contributed by atoms with Crippen molar-refractivity contribution in [1.82, 2.24) is 10.2 Å². The van der Waals surface area contributed by atoms with Gasteiger partial charge in [0.2, 0.25) is 5.89 Å². The summed E-state index contributed by atoms with van der Waals surface area (Å²) in [6.45, 7) is 3.81. The molecule has 0 bridgehead atoms. The topological polar surface area (TPSA) is 62.7 Å². The molecule has 17 heavy (non-hydrogen) atoms. The molecular formula is C12H11N3OS. The second-order valence-corrected chi connectivity index (χ2v) is 4.92. The third-order valence-electron chi connectivity index (χ3n) is 2.16. The molecule has 0 aliphatic heterocycles. The number of rotatable bonds is 3. The van der Waals surface area contributed by atoms with Crippen molar-refractivity contribution in [1.29, 1.82) is 5.26 Å². The third-order valence-corrected chi connectivity index (χ3v) is 2.99. The summed E-state index contributed by atoms with van der Waals surface area (Å²) in [7, 11) is 0. The minimum absolute atomic E-state index is 0.193. The van der Waals surface area contributed by atoms with E-state index in [1.165, 1.54) is 17.3 Å². The van der Waals surface area contributed by atoms with E-state index in [2.05, 4.69) is 16.3 Å². The van der Waals surface area contributed by atoms with Crippen LogP contribution in [-0.2, 0) is 0 Å². The summed E-state index contributed by atoms with van der Waals surface area (Å²) in [5, 5.41) is 16.8. The number of nitriles is 1. The maximum absolute atomic E-state index is 8.69. The Morgan fingerprint density at radius 3 is 2.65 bits per heavy atom. The molecule has 1 heterocycles. The average molecular weight is 245 g/mol. The summed E-state index contributed by atoms with van der Waals surface area (Å²) in [4.78, 5) is 0. The van der Waals surface area contributed by atoms with E-state index >= 15 is 0 Å². The molecule has 0 fully saturated rings. The second kappa shape index (κ2) is 5.02. The van der Waals surface area contributed by atoms with Crippen LogP contribution in [0.2, 0.25) is 0 Å². The van der Waals surface area contributed by atoms with Crippen LogP contribution in [0, 0.1) is 18.3 Å². The summed E-state index contributed by atoms with van der Waals surface area (Å²) >= 11 is 1.26. The molecule has 2 rings (SSSR count). The number of benzene rings is 1. The average Bonchev–Trinajstić information content (AvgIpc) is 2.78. The predicted octanol–water partition coefficient (Wildman–Crippen LogP) is 3.05. The summed E-state index contributed by atoms with van der Waals surface area (Å²) < 4.78 is 5.47. The number of aromatic nitrogens is 2. The van der Waals surface area contributed by atoms with Crippen LogP contribution in [-0.4, -0.2) is 15.4 Å². The molecule has 0 aliphatic carbocycles. The van der Waals surface area contributed by atoms with Crippen LogP contribution < -0.4 is 0 Å². The first-order valence-electron chi connectivity index (χ1n) is 5.16. The highest BCUT2D eigenvalue weighted by molar-refractivity contribution is 7.99. The number of nitrogens with zero attached hydrogens (tertiary/aromatic N) is 3. The van der Waals surface area contributed by atoms with Crippen LogP contribution in [0.3, 0.4) is 0 Å². The molecular weight excluding hydrogens is 234 g/mol. The molecule has 0 saturated heterocycles. The highest BCUT2D eigenvalue weighted by Crippen LogP contribution is 2.25. The third kappa shape index (κ3) is 2.86. The number of thioether (sulfide) groups is 1. The van der Waals surface area contributed by atoms with Gasteiger partial charge in [0.05, 0.1) is 11.3 Å². The van der Waals surface area contributed by atoms with Gasteiger partial charge in [-0.15, -0.1) is 10.2 Å². The van der Waals surface area contributed by atoms with E-state index < -0.39 is 0 Å². The van der Waals surface area contributed by atoms with E-state index in [-0.39, 0.29) is 5.25 Å². The molecule has 2 aromatic rings. The van der Waals surface area contributed by atoms with Crippen molar-refractivity contribution in [2.45, 2.75) is 24.3 Å². The van der Waals surface area contributed by atoms with Crippen molar-refractivity contribution >= 4 is 11.8 Å². The molecule has 0 N–H and O–H groups in total. The molecule has 1 aromatic carbocycles. The van der Waals surface area contributed by atoms with Gasteiger partial charge in [-0.05, 0) is 37.7 Å². The van der Waals surface area contributed by atoms with E-state index in [0.717, 1.165) is 5.56 Å². The van der Waals surface area contributed by atoms with Gasteiger partial charge in [0, 0.05) is 5.56 Å². The standard InChI is InChI=1S/C12H11N3OS/c1-8-3-5-10(6-4-8)11-14-15-12(16-11)17-9(2)7-13/h3-6,9H,1-2H3. The van der Waals surface area contributed by atoms with Gasteiger partial charge < -0.3 is 4.42 Å². The monoisotopic (exact) mass is 245 g/mol. The smallest absolute Gasteiger partial charge is 0.278 e. The van der Waals surface area contributed by atoms with Gasteiger partial charge in [0.15, 0.2) is 0 Å². The number of aryl methyl sites for hydroxylation is 1. The molecule has 1 unspecified atom stereocenters. The molecule has 4 nitrogen and oxygen atoms in total. The lowest BCUT2D eigenvalue weighted by molar-refractivity contribution is 0.465. The van der Waals surface area contributed by atoms with E-state index in [4.69, 9.17) is 9.68 Å². The molecule has 0 amide bonds. The first-order valence-corrected chi connectivity index (χ1v) is 6.04. The Balaban J connectivity index is 2.18. The second-order valence-electron chi connectivity index (χ2n) is 3.63. The Morgan fingerprint density at radius 1 is 1.29 bits per heavy atom. The maximum Gasteiger partial charge on any atom is 0.278 e. The van der Waals surface area contributed by atoms with Crippen LogP contribution in [0.4, 0.5) is 0 Å². The lowest BCUT2D eigenvalue weighted by atomic mass is 10.1. The van der Waals surface area contributed by atoms with Gasteiger partial charge in [0.25, 0.3) is 5.22 Å². The summed E-state index contributed by atoms with van der Waals surface area (Å²) in [5.74, 6) is 0.484. The van der Waals surface area contributed by atoms with Crippen molar-refractivity contribution in [3.05, 3.63) is 29.8 Å². The molecule has 5 heteroatoms. The van der Waals surface area contributed by atoms with E-state index in [9.17, 15) is 0 Å². The zero-order valence-corrected chi connectivity index (χ0v) is 10.4. The Kier molecular flexibility index (Phi) is 3.45. The SMILES string of the molecule is Cc1ccc(-c2nnc(SC(C)C#N)o2)cc1. The van der Waals surface area contributed by atoms with Crippen molar-refractivity contribution in [3.8, 4) is 17.5 Å². The van der Waals surface area contributed by atoms with Crippen LogP contribution in [0.5, 0.6) is 0 Å². The summed E-state index contributed by atoms with van der Waals surface area (Å²) in [5.41, 5.74) is 2.07. The first-order chi connectivity index (χ1) is 8.19. The lowest BCUT2D eigenvalue weighted by Gasteiger charge is -1.96. The number of hydrogen-bond donors (Lipinski definition) is 0. The van der Waals surface area contributed by atoms with Crippen molar-refractivity contribution < 1.29 is 4.42 Å². The van der Waals surface area contributed by atoms with Crippen LogP contribution in [0.15, 0.2) is 33.9 Å². The van der Waals surface area contributed by atoms with Gasteiger partial charge in [-0.1, -0.05) is 17.7 Å². The van der Waals surface area contributed by atoms with Crippen LogP contribution in [0.25, 0.3) is 11.5 Å². The van der Waals surface area contributed by atoms with Gasteiger partial charge in [-0.2, -0.15) is 5.26 Å². The van der Waals surface area contributed by atoms with Crippen molar-refractivity contribution in [3.63, 3.8) is 0 Å². The molecule has 0 saturated carbocycles. The largest absolute Gasteiger partial charge is 0.411 e. The first kappa shape index (κ1) is 11.7. The Labute approximate surface area is 104 Å².